The summed E-state index contributed by atoms with van der Waals surface area (Å²) in [6.45, 7) is 2.01. The molecule has 3 nitrogen and oxygen atoms in total. The van der Waals surface area contributed by atoms with Crippen molar-refractivity contribution in [2.45, 2.75) is 17.9 Å². The number of hydrogen-bond acceptors (Lipinski definition) is 3. The fraction of sp³-hybridized carbons (Fsp3) is 0.200. The Kier molecular flexibility index (Phi) is 4.96. The van der Waals surface area contributed by atoms with Gasteiger partial charge in [0.2, 0.25) is 0 Å². The van der Waals surface area contributed by atoms with Gasteiger partial charge in [0.15, 0.2) is 9.84 Å². The van der Waals surface area contributed by atoms with E-state index in [2.05, 4.69) is 21.2 Å². The molecule has 112 valence electrons. The Morgan fingerprint density at radius 1 is 1.14 bits per heavy atom. The van der Waals surface area contributed by atoms with Crippen LogP contribution in [0.2, 0.25) is 5.02 Å². The second-order valence-electron chi connectivity index (χ2n) is 4.84. The van der Waals surface area contributed by atoms with Crippen LogP contribution in [0.1, 0.15) is 18.5 Å². The van der Waals surface area contributed by atoms with Crippen LogP contribution >= 0.6 is 27.5 Å². The highest BCUT2D eigenvalue weighted by molar-refractivity contribution is 9.10. The maximum Gasteiger partial charge on any atom is 0.175 e. The molecule has 0 bridgehead atoms. The van der Waals surface area contributed by atoms with Crippen molar-refractivity contribution in [1.82, 2.24) is 0 Å². The monoisotopic (exact) mass is 387 g/mol. The van der Waals surface area contributed by atoms with Gasteiger partial charge in [0, 0.05) is 22.5 Å². The van der Waals surface area contributed by atoms with Gasteiger partial charge in [-0.3, -0.25) is 0 Å². The smallest absolute Gasteiger partial charge is 0.175 e. The summed E-state index contributed by atoms with van der Waals surface area (Å²) in [5.74, 6) is 0. The van der Waals surface area contributed by atoms with Gasteiger partial charge in [0.1, 0.15) is 0 Å². The number of nitrogens with one attached hydrogen (secondary N) is 1. The Hall–Kier alpha value is -1.04. The molecular weight excluding hydrogens is 374 g/mol. The molecule has 1 N–H and O–H groups in total. The molecule has 1 atom stereocenters. The van der Waals surface area contributed by atoms with Crippen LogP contribution in [0, 0.1) is 0 Å². The first-order chi connectivity index (χ1) is 9.77. The normalized spacial score (nSPS) is 13.0. The average molecular weight is 389 g/mol. The molecule has 0 heterocycles. The van der Waals surface area contributed by atoms with E-state index in [1.165, 1.54) is 6.26 Å². The summed E-state index contributed by atoms with van der Waals surface area (Å²) in [6, 6.07) is 12.6. The molecule has 0 radical (unpaired) electrons. The number of anilines is 1. The van der Waals surface area contributed by atoms with Gasteiger partial charge < -0.3 is 5.32 Å². The fourth-order valence-corrected chi connectivity index (χ4v) is 3.05. The molecule has 0 fully saturated rings. The molecule has 2 aromatic rings. The molecule has 0 amide bonds. The summed E-state index contributed by atoms with van der Waals surface area (Å²) < 4.78 is 23.7. The third-order valence-electron chi connectivity index (χ3n) is 3.11. The second-order valence-corrected chi connectivity index (χ2v) is 8.11. The van der Waals surface area contributed by atoms with Crippen molar-refractivity contribution in [3.05, 3.63) is 57.5 Å². The summed E-state index contributed by atoms with van der Waals surface area (Å²) >= 11 is 9.35. The summed E-state index contributed by atoms with van der Waals surface area (Å²) in [5, 5.41) is 4.00. The predicted molar refractivity (Wildman–Crippen MR) is 90.7 cm³/mol. The molecule has 0 saturated carbocycles. The van der Waals surface area contributed by atoms with Crippen molar-refractivity contribution in [3.8, 4) is 0 Å². The molecule has 0 aliphatic carbocycles. The Balaban J connectivity index is 2.16. The molecule has 6 heteroatoms. The predicted octanol–water partition coefficient (Wildman–Crippen LogP) is 4.68. The van der Waals surface area contributed by atoms with E-state index in [0.717, 1.165) is 15.7 Å². The zero-order chi connectivity index (χ0) is 15.6. The Labute approximate surface area is 138 Å². The first kappa shape index (κ1) is 16.3. The van der Waals surface area contributed by atoms with Gasteiger partial charge in [-0.15, -0.1) is 0 Å². The van der Waals surface area contributed by atoms with Crippen LogP contribution in [0.25, 0.3) is 0 Å². The van der Waals surface area contributed by atoms with Gasteiger partial charge in [-0.2, -0.15) is 0 Å². The number of rotatable bonds is 4. The number of halogens is 2. The van der Waals surface area contributed by atoms with Gasteiger partial charge in [-0.05, 0) is 58.7 Å². The third kappa shape index (κ3) is 4.22. The van der Waals surface area contributed by atoms with Crippen LogP contribution in [0.3, 0.4) is 0 Å². The molecule has 21 heavy (non-hydrogen) atoms. The maximum absolute atomic E-state index is 11.4. The topological polar surface area (TPSA) is 46.2 Å². The highest BCUT2D eigenvalue weighted by atomic mass is 79.9. The van der Waals surface area contributed by atoms with Crippen LogP contribution in [0.5, 0.6) is 0 Å². The van der Waals surface area contributed by atoms with Crippen molar-refractivity contribution in [2.75, 3.05) is 11.6 Å². The van der Waals surface area contributed by atoms with Crippen molar-refractivity contribution < 1.29 is 8.42 Å². The summed E-state index contributed by atoms with van der Waals surface area (Å²) in [7, 11) is -3.16. The molecule has 0 aliphatic heterocycles. The molecule has 2 rings (SSSR count). The number of benzene rings is 2. The van der Waals surface area contributed by atoms with Crippen LogP contribution in [-0.2, 0) is 9.84 Å². The van der Waals surface area contributed by atoms with Crippen LogP contribution in [-0.4, -0.2) is 14.7 Å². The lowest BCUT2D eigenvalue weighted by atomic mass is 10.1. The molecule has 1 unspecified atom stereocenters. The first-order valence-corrected chi connectivity index (χ1v) is 9.35. The molecular formula is C15H15BrClNO2S. The summed E-state index contributed by atoms with van der Waals surface area (Å²) in [4.78, 5) is 0.327. The van der Waals surface area contributed by atoms with Crippen molar-refractivity contribution >= 4 is 43.1 Å². The van der Waals surface area contributed by atoms with E-state index in [4.69, 9.17) is 11.6 Å². The molecule has 0 aromatic heterocycles. The molecule has 0 spiro atoms. The van der Waals surface area contributed by atoms with E-state index in [1.54, 1.807) is 12.1 Å². The lowest BCUT2D eigenvalue weighted by molar-refractivity contribution is 0.602. The van der Waals surface area contributed by atoms with Gasteiger partial charge in [-0.25, -0.2) is 8.42 Å². The van der Waals surface area contributed by atoms with Gasteiger partial charge >= 0.3 is 0 Å². The summed E-state index contributed by atoms with van der Waals surface area (Å²) in [6.07, 6.45) is 1.20. The quantitative estimate of drug-likeness (QED) is 0.827. The Morgan fingerprint density at radius 3 is 2.29 bits per heavy atom. The maximum atomic E-state index is 11.4. The lowest BCUT2D eigenvalue weighted by Crippen LogP contribution is -2.07. The number of sulfone groups is 1. The molecule has 0 aliphatic rings. The largest absolute Gasteiger partial charge is 0.378 e. The highest BCUT2D eigenvalue weighted by Gasteiger charge is 2.10. The van der Waals surface area contributed by atoms with Crippen LogP contribution in [0.15, 0.2) is 51.8 Å². The van der Waals surface area contributed by atoms with Crippen LogP contribution < -0.4 is 5.32 Å². The molecule has 0 saturated heterocycles. The highest BCUT2D eigenvalue weighted by Crippen LogP contribution is 2.28. The SMILES string of the molecule is CC(Nc1ccc(Cl)c(Br)c1)c1ccc(S(C)(=O)=O)cc1. The van der Waals surface area contributed by atoms with Crippen molar-refractivity contribution in [1.29, 1.82) is 0 Å². The van der Waals surface area contributed by atoms with E-state index < -0.39 is 9.84 Å². The fourth-order valence-electron chi connectivity index (χ4n) is 1.92. The van der Waals surface area contributed by atoms with E-state index in [9.17, 15) is 8.42 Å². The van der Waals surface area contributed by atoms with E-state index in [0.29, 0.717) is 9.92 Å². The van der Waals surface area contributed by atoms with E-state index in [-0.39, 0.29) is 6.04 Å². The zero-order valence-electron chi connectivity index (χ0n) is 11.6. The molecule has 2 aromatic carbocycles. The van der Waals surface area contributed by atoms with E-state index >= 15 is 0 Å². The van der Waals surface area contributed by atoms with Gasteiger partial charge in [0.05, 0.1) is 9.92 Å². The Bertz CT molecular complexity index is 745. The minimum Gasteiger partial charge on any atom is -0.378 e. The minimum atomic E-state index is -3.16. The van der Waals surface area contributed by atoms with Gasteiger partial charge in [-0.1, -0.05) is 23.7 Å². The van der Waals surface area contributed by atoms with Crippen molar-refractivity contribution in [3.63, 3.8) is 0 Å². The van der Waals surface area contributed by atoms with Gasteiger partial charge in [0.25, 0.3) is 0 Å². The zero-order valence-corrected chi connectivity index (χ0v) is 14.8. The second kappa shape index (κ2) is 6.38. The summed E-state index contributed by atoms with van der Waals surface area (Å²) in [5.41, 5.74) is 1.94. The van der Waals surface area contributed by atoms with E-state index in [1.807, 2.05) is 37.3 Å². The first-order valence-electron chi connectivity index (χ1n) is 6.29. The average Bonchev–Trinajstić information content (AvgIpc) is 2.42. The lowest BCUT2D eigenvalue weighted by Gasteiger charge is -2.16. The third-order valence-corrected chi connectivity index (χ3v) is 5.45. The van der Waals surface area contributed by atoms with Crippen molar-refractivity contribution in [2.24, 2.45) is 0 Å². The Morgan fingerprint density at radius 2 is 1.76 bits per heavy atom. The van der Waals surface area contributed by atoms with Crippen LogP contribution in [0.4, 0.5) is 5.69 Å². The standard InChI is InChI=1S/C15H15BrClNO2S/c1-10(18-12-5-8-15(17)14(16)9-12)11-3-6-13(7-4-11)21(2,19)20/h3-10,18H,1-2H3. The number of hydrogen-bond donors (Lipinski definition) is 1. The minimum absolute atomic E-state index is 0.0479.